The number of hydrogen-bond acceptors (Lipinski definition) is 2. The van der Waals surface area contributed by atoms with Gasteiger partial charge in [-0.1, -0.05) is 0 Å². The third-order valence-corrected chi connectivity index (χ3v) is 4.19. The summed E-state index contributed by atoms with van der Waals surface area (Å²) in [6, 6.07) is 7.15. The maximum absolute atomic E-state index is 11.2. The summed E-state index contributed by atoms with van der Waals surface area (Å²) in [6.45, 7) is 0. The fourth-order valence-corrected chi connectivity index (χ4v) is 3.08. The van der Waals surface area contributed by atoms with E-state index >= 15 is 0 Å². The molecule has 0 radical (unpaired) electrons. The van der Waals surface area contributed by atoms with Gasteiger partial charge in [0, 0.05) is 0 Å². The molecule has 1 heterocycles. The Labute approximate surface area is 87.4 Å². The number of hydrogen-bond donors (Lipinski definition) is 3. The molecular weight excluding hydrogens is 261 g/mol. The van der Waals surface area contributed by atoms with Gasteiger partial charge in [0.25, 0.3) is 0 Å². The van der Waals surface area contributed by atoms with Crippen molar-refractivity contribution in [3.63, 3.8) is 0 Å². The summed E-state index contributed by atoms with van der Waals surface area (Å²) in [5.74, 6) is 0. The van der Waals surface area contributed by atoms with Crippen LogP contribution < -0.4 is 9.91 Å². The zero-order chi connectivity index (χ0) is 11.1. The van der Waals surface area contributed by atoms with Crippen LogP contribution in [0.25, 0.3) is 10.9 Å². The maximum atomic E-state index is 11.2. The van der Waals surface area contributed by atoms with Crippen molar-refractivity contribution in [2.45, 2.75) is 0 Å². The SMILES string of the molecule is O=c1ccc2c([As](=O)(O)O)cccc2[nH]1. The van der Waals surface area contributed by atoms with E-state index in [0.717, 1.165) is 0 Å². The first-order chi connectivity index (χ1) is 6.98. The molecule has 1 aromatic heterocycles. The molecule has 0 bridgehead atoms. The minimum atomic E-state index is -4.93. The molecule has 6 heteroatoms. The number of fused-ring (bicyclic) bond motifs is 1. The predicted octanol–water partition coefficient (Wildman–Crippen LogP) is -0.911. The van der Waals surface area contributed by atoms with Crippen molar-refractivity contribution < 1.29 is 11.9 Å². The van der Waals surface area contributed by atoms with Gasteiger partial charge in [-0.25, -0.2) is 0 Å². The summed E-state index contributed by atoms with van der Waals surface area (Å²) in [5.41, 5.74) is 0.141. The van der Waals surface area contributed by atoms with Crippen LogP contribution in [0.1, 0.15) is 0 Å². The van der Waals surface area contributed by atoms with E-state index < -0.39 is 14.2 Å². The quantitative estimate of drug-likeness (QED) is 0.584. The molecule has 0 aliphatic heterocycles. The van der Waals surface area contributed by atoms with E-state index in [-0.39, 0.29) is 9.91 Å². The number of H-pyrrole nitrogens is 1. The molecule has 0 spiro atoms. The van der Waals surface area contributed by atoms with Gasteiger partial charge in [0.2, 0.25) is 0 Å². The zero-order valence-corrected chi connectivity index (χ0v) is 9.42. The van der Waals surface area contributed by atoms with Gasteiger partial charge in [0.15, 0.2) is 0 Å². The van der Waals surface area contributed by atoms with Gasteiger partial charge in [-0.05, 0) is 0 Å². The van der Waals surface area contributed by atoms with E-state index in [1.807, 2.05) is 0 Å². The van der Waals surface area contributed by atoms with Gasteiger partial charge < -0.3 is 0 Å². The monoisotopic (exact) mass is 269 g/mol. The summed E-state index contributed by atoms with van der Waals surface area (Å²) >= 11 is -4.93. The van der Waals surface area contributed by atoms with E-state index in [9.17, 15) is 8.53 Å². The zero-order valence-electron chi connectivity index (χ0n) is 7.54. The van der Waals surface area contributed by atoms with Crippen LogP contribution in [-0.4, -0.2) is 27.3 Å². The molecule has 2 aromatic rings. The summed E-state index contributed by atoms with van der Waals surface area (Å²) < 4.78 is 29.5. The van der Waals surface area contributed by atoms with Crippen molar-refractivity contribution in [2.24, 2.45) is 0 Å². The molecule has 0 amide bonds. The Bertz CT molecular complexity index is 613. The van der Waals surface area contributed by atoms with Crippen LogP contribution >= 0.6 is 0 Å². The molecule has 5 nitrogen and oxygen atoms in total. The predicted molar refractivity (Wildman–Crippen MR) is 55.1 cm³/mol. The molecule has 2 rings (SSSR count). The molecule has 0 saturated carbocycles. The van der Waals surface area contributed by atoms with Gasteiger partial charge in [0.1, 0.15) is 0 Å². The summed E-state index contributed by atoms with van der Waals surface area (Å²) in [7, 11) is 0. The molecule has 0 unspecified atom stereocenters. The Morgan fingerprint density at radius 1 is 1.13 bits per heavy atom. The third-order valence-electron chi connectivity index (χ3n) is 2.06. The fraction of sp³-hybridized carbons (Fsp3) is 0. The Morgan fingerprint density at radius 2 is 1.87 bits per heavy atom. The molecule has 1 aromatic carbocycles. The number of aromatic nitrogens is 1. The minimum absolute atomic E-state index is 0.0122. The van der Waals surface area contributed by atoms with Crippen LogP contribution in [0.15, 0.2) is 35.1 Å². The number of rotatable bonds is 1. The Balaban J connectivity index is 2.89. The summed E-state index contributed by atoms with van der Waals surface area (Å²) in [6.07, 6.45) is 0. The molecule has 15 heavy (non-hydrogen) atoms. The third kappa shape index (κ3) is 1.90. The second kappa shape index (κ2) is 3.38. The molecule has 0 atom stereocenters. The van der Waals surface area contributed by atoms with Crippen LogP contribution in [0.3, 0.4) is 0 Å². The van der Waals surface area contributed by atoms with E-state index in [4.69, 9.17) is 8.19 Å². The second-order valence-corrected chi connectivity index (χ2v) is 6.40. The summed E-state index contributed by atoms with van der Waals surface area (Å²) in [4.78, 5) is 13.5. The molecule has 0 aliphatic rings. The van der Waals surface area contributed by atoms with E-state index in [1.165, 1.54) is 24.3 Å². The average Bonchev–Trinajstić information content (AvgIpc) is 2.15. The van der Waals surface area contributed by atoms with Crippen LogP contribution in [0.4, 0.5) is 0 Å². The molecule has 0 fully saturated rings. The van der Waals surface area contributed by atoms with Crippen molar-refractivity contribution >= 4 is 29.4 Å². The van der Waals surface area contributed by atoms with Gasteiger partial charge >= 0.3 is 87.0 Å². The Kier molecular flexibility index (Phi) is 2.30. The first kappa shape index (κ1) is 10.2. The van der Waals surface area contributed by atoms with E-state index in [2.05, 4.69) is 4.98 Å². The standard InChI is InChI=1S/C9H8AsNO4/c12-9-5-4-6-7(10(13,14)15)2-1-3-8(6)11-9/h1-5H,(H,11,12)(H2,13,14,15). The summed E-state index contributed by atoms with van der Waals surface area (Å²) in [5, 5.41) is 0.393. The molecule has 0 aliphatic carbocycles. The van der Waals surface area contributed by atoms with Crippen LogP contribution in [0.2, 0.25) is 0 Å². The first-order valence-electron chi connectivity index (χ1n) is 4.17. The van der Waals surface area contributed by atoms with Crippen molar-refractivity contribution in [1.82, 2.24) is 4.98 Å². The van der Waals surface area contributed by atoms with Gasteiger partial charge in [-0.15, -0.1) is 0 Å². The van der Waals surface area contributed by atoms with Gasteiger partial charge in [-0.2, -0.15) is 0 Å². The average molecular weight is 269 g/mol. The van der Waals surface area contributed by atoms with E-state index in [0.29, 0.717) is 10.9 Å². The topological polar surface area (TPSA) is 90.4 Å². The normalized spacial score (nSPS) is 11.9. The fourth-order valence-electron chi connectivity index (χ4n) is 1.42. The van der Waals surface area contributed by atoms with Gasteiger partial charge in [0.05, 0.1) is 0 Å². The van der Waals surface area contributed by atoms with Crippen molar-refractivity contribution in [1.29, 1.82) is 0 Å². The molecule has 78 valence electrons. The van der Waals surface area contributed by atoms with Crippen LogP contribution in [-0.2, 0) is 3.74 Å². The number of aromatic amines is 1. The molecule has 0 saturated heterocycles. The number of nitrogens with one attached hydrogen (secondary N) is 1. The van der Waals surface area contributed by atoms with Crippen molar-refractivity contribution in [3.8, 4) is 0 Å². The van der Waals surface area contributed by atoms with Gasteiger partial charge in [-0.3, -0.25) is 0 Å². The molecule has 3 N–H and O–H groups in total. The van der Waals surface area contributed by atoms with Crippen LogP contribution in [0.5, 0.6) is 0 Å². The Hall–Kier alpha value is -1.29. The van der Waals surface area contributed by atoms with Crippen molar-refractivity contribution in [3.05, 3.63) is 40.7 Å². The Morgan fingerprint density at radius 3 is 2.53 bits per heavy atom. The second-order valence-electron chi connectivity index (χ2n) is 3.10. The number of pyridine rings is 1. The van der Waals surface area contributed by atoms with E-state index in [1.54, 1.807) is 6.07 Å². The molecular formula is C9H8AsNO4. The number of benzene rings is 1. The van der Waals surface area contributed by atoms with Crippen LogP contribution in [0, 0.1) is 0 Å². The van der Waals surface area contributed by atoms with Crippen molar-refractivity contribution in [2.75, 3.05) is 0 Å². The first-order valence-corrected chi connectivity index (χ1v) is 7.55.